The second-order valence-corrected chi connectivity index (χ2v) is 4.69. The summed E-state index contributed by atoms with van der Waals surface area (Å²) >= 11 is 0. The number of nitriles is 1. The number of rotatable bonds is 1. The van der Waals surface area contributed by atoms with Crippen LogP contribution in [0.15, 0.2) is 18.2 Å². The molecule has 0 unspecified atom stereocenters. The fourth-order valence-corrected chi connectivity index (χ4v) is 1.32. The van der Waals surface area contributed by atoms with Gasteiger partial charge in [-0.05, 0) is 23.1 Å². The average Bonchev–Trinajstić information content (AvgIpc) is 2.16. The van der Waals surface area contributed by atoms with E-state index in [-0.39, 0.29) is 17.0 Å². The van der Waals surface area contributed by atoms with E-state index in [1.807, 2.05) is 26.8 Å². The molecule has 1 aromatic carbocycles. The summed E-state index contributed by atoms with van der Waals surface area (Å²) in [4.78, 5) is 0. The lowest BCUT2D eigenvalue weighted by molar-refractivity contribution is 0.326. The molecule has 1 atom stereocenters. The van der Waals surface area contributed by atoms with E-state index in [1.54, 1.807) is 6.07 Å². The molecule has 0 saturated heterocycles. The molecular weight excluding hydrogens is 191 g/mol. The van der Waals surface area contributed by atoms with Crippen molar-refractivity contribution in [3.63, 3.8) is 0 Å². The normalized spacial score (nSPS) is 13.3. The van der Waals surface area contributed by atoms with Crippen LogP contribution in [0, 0.1) is 22.6 Å². The summed E-state index contributed by atoms with van der Waals surface area (Å²) in [6.07, 6.45) is 0. The third kappa shape index (κ3) is 2.54. The average molecular weight is 206 g/mol. The predicted octanol–water partition coefficient (Wildman–Crippen LogP) is 2.74. The lowest BCUT2D eigenvalue weighted by Gasteiger charge is -2.27. The van der Waals surface area contributed by atoms with Gasteiger partial charge in [-0.15, -0.1) is 0 Å². The van der Waals surface area contributed by atoms with Crippen molar-refractivity contribution in [1.82, 2.24) is 0 Å². The van der Waals surface area contributed by atoms with Crippen LogP contribution in [-0.4, -0.2) is 0 Å². The van der Waals surface area contributed by atoms with Crippen LogP contribution in [0.1, 0.15) is 37.9 Å². The molecule has 0 amide bonds. The first kappa shape index (κ1) is 11.7. The zero-order valence-corrected chi connectivity index (χ0v) is 9.21. The molecule has 1 rings (SSSR count). The zero-order valence-electron chi connectivity index (χ0n) is 9.21. The van der Waals surface area contributed by atoms with E-state index in [0.29, 0.717) is 0 Å². The minimum absolute atomic E-state index is 0.0483. The van der Waals surface area contributed by atoms with Crippen LogP contribution in [0.3, 0.4) is 0 Å². The van der Waals surface area contributed by atoms with Crippen LogP contribution in [0.2, 0.25) is 0 Å². The lowest BCUT2D eigenvalue weighted by Crippen LogP contribution is -2.26. The Hall–Kier alpha value is -1.40. The fraction of sp³-hybridized carbons (Fsp3) is 0.417. The molecule has 0 aliphatic rings. The Morgan fingerprint density at radius 2 is 2.00 bits per heavy atom. The van der Waals surface area contributed by atoms with Gasteiger partial charge >= 0.3 is 0 Å². The molecule has 0 saturated carbocycles. The van der Waals surface area contributed by atoms with E-state index in [0.717, 1.165) is 5.56 Å². The summed E-state index contributed by atoms with van der Waals surface area (Å²) < 4.78 is 13.1. The summed E-state index contributed by atoms with van der Waals surface area (Å²) in [5.41, 5.74) is 6.75. The largest absolute Gasteiger partial charge is 0.324 e. The molecule has 1 aromatic rings. The molecule has 0 fully saturated rings. The quantitative estimate of drug-likeness (QED) is 0.768. The predicted molar refractivity (Wildman–Crippen MR) is 57.5 cm³/mol. The summed E-state index contributed by atoms with van der Waals surface area (Å²) in [6, 6.07) is 6.05. The highest BCUT2D eigenvalue weighted by Crippen LogP contribution is 2.30. The van der Waals surface area contributed by atoms with Crippen molar-refractivity contribution in [2.75, 3.05) is 0 Å². The maximum Gasteiger partial charge on any atom is 0.140 e. The number of nitrogens with zero attached hydrogens (tertiary/aromatic N) is 1. The SMILES string of the molecule is CC(C)(C)[C@H](N)c1ccc(F)c(C#N)c1. The maximum atomic E-state index is 13.1. The first-order valence-electron chi connectivity index (χ1n) is 4.81. The molecule has 0 bridgehead atoms. The van der Waals surface area contributed by atoms with Gasteiger partial charge in [0.2, 0.25) is 0 Å². The standard InChI is InChI=1S/C12H15FN2/c1-12(2,3)11(15)8-4-5-10(13)9(6-8)7-14/h4-6,11H,15H2,1-3H3/t11-/m1/s1. The fourth-order valence-electron chi connectivity index (χ4n) is 1.32. The molecule has 2 N–H and O–H groups in total. The molecule has 0 aliphatic carbocycles. The van der Waals surface area contributed by atoms with E-state index in [2.05, 4.69) is 0 Å². The van der Waals surface area contributed by atoms with Crippen LogP contribution >= 0.6 is 0 Å². The van der Waals surface area contributed by atoms with E-state index >= 15 is 0 Å². The Kier molecular flexibility index (Phi) is 3.11. The van der Waals surface area contributed by atoms with Gasteiger partial charge in [-0.25, -0.2) is 4.39 Å². The number of halogens is 1. The number of benzene rings is 1. The van der Waals surface area contributed by atoms with Gasteiger partial charge in [-0.3, -0.25) is 0 Å². The summed E-state index contributed by atoms with van der Waals surface area (Å²) in [7, 11) is 0. The van der Waals surface area contributed by atoms with Gasteiger partial charge in [0.1, 0.15) is 11.9 Å². The highest BCUT2D eigenvalue weighted by atomic mass is 19.1. The molecule has 0 radical (unpaired) electrons. The van der Waals surface area contributed by atoms with Crippen molar-refractivity contribution in [2.45, 2.75) is 26.8 Å². The molecule has 0 heterocycles. The lowest BCUT2D eigenvalue weighted by atomic mass is 9.83. The van der Waals surface area contributed by atoms with Gasteiger partial charge in [0.05, 0.1) is 5.56 Å². The van der Waals surface area contributed by atoms with Crippen LogP contribution in [0.4, 0.5) is 4.39 Å². The Morgan fingerprint density at radius 3 is 2.47 bits per heavy atom. The highest BCUT2D eigenvalue weighted by molar-refractivity contribution is 5.36. The Labute approximate surface area is 89.5 Å². The summed E-state index contributed by atoms with van der Waals surface area (Å²) in [5.74, 6) is -0.498. The number of hydrogen-bond donors (Lipinski definition) is 1. The Morgan fingerprint density at radius 1 is 1.40 bits per heavy atom. The van der Waals surface area contributed by atoms with Crippen molar-refractivity contribution in [3.05, 3.63) is 35.1 Å². The van der Waals surface area contributed by atoms with Crippen molar-refractivity contribution in [2.24, 2.45) is 11.1 Å². The zero-order chi connectivity index (χ0) is 11.6. The molecule has 3 heteroatoms. The third-order valence-corrected chi connectivity index (χ3v) is 2.40. The number of nitrogens with two attached hydrogens (primary N) is 1. The second kappa shape index (κ2) is 4.00. The Bertz CT molecular complexity index is 399. The van der Waals surface area contributed by atoms with Gasteiger partial charge in [0.25, 0.3) is 0 Å². The molecule has 0 aromatic heterocycles. The van der Waals surface area contributed by atoms with Crippen LogP contribution < -0.4 is 5.73 Å². The Balaban J connectivity index is 3.13. The van der Waals surface area contributed by atoms with E-state index in [4.69, 9.17) is 11.0 Å². The van der Waals surface area contributed by atoms with Gasteiger partial charge < -0.3 is 5.73 Å². The smallest absolute Gasteiger partial charge is 0.140 e. The molecular formula is C12H15FN2. The molecule has 15 heavy (non-hydrogen) atoms. The van der Waals surface area contributed by atoms with Gasteiger partial charge in [0.15, 0.2) is 0 Å². The topological polar surface area (TPSA) is 49.8 Å². The molecule has 0 aliphatic heterocycles. The van der Waals surface area contributed by atoms with Crippen LogP contribution in [0.5, 0.6) is 0 Å². The van der Waals surface area contributed by atoms with Crippen molar-refractivity contribution < 1.29 is 4.39 Å². The molecule has 80 valence electrons. The first-order chi connectivity index (χ1) is 6.86. The monoisotopic (exact) mass is 206 g/mol. The van der Waals surface area contributed by atoms with Crippen molar-refractivity contribution in [1.29, 1.82) is 5.26 Å². The molecule has 2 nitrogen and oxygen atoms in total. The van der Waals surface area contributed by atoms with Gasteiger partial charge in [0, 0.05) is 6.04 Å². The maximum absolute atomic E-state index is 13.1. The minimum Gasteiger partial charge on any atom is -0.324 e. The van der Waals surface area contributed by atoms with Crippen molar-refractivity contribution in [3.8, 4) is 6.07 Å². The van der Waals surface area contributed by atoms with Crippen LogP contribution in [-0.2, 0) is 0 Å². The summed E-state index contributed by atoms with van der Waals surface area (Å²) in [5, 5.41) is 8.70. The van der Waals surface area contributed by atoms with Crippen LogP contribution in [0.25, 0.3) is 0 Å². The van der Waals surface area contributed by atoms with Gasteiger partial charge in [-0.2, -0.15) is 5.26 Å². The van der Waals surface area contributed by atoms with Gasteiger partial charge in [-0.1, -0.05) is 26.8 Å². The highest BCUT2D eigenvalue weighted by Gasteiger charge is 2.22. The molecule has 0 spiro atoms. The first-order valence-corrected chi connectivity index (χ1v) is 4.81. The van der Waals surface area contributed by atoms with E-state index in [1.165, 1.54) is 12.1 Å². The minimum atomic E-state index is -0.498. The van der Waals surface area contributed by atoms with Crippen molar-refractivity contribution >= 4 is 0 Å². The van der Waals surface area contributed by atoms with E-state index < -0.39 is 5.82 Å². The third-order valence-electron chi connectivity index (χ3n) is 2.40. The number of hydrogen-bond acceptors (Lipinski definition) is 2. The second-order valence-electron chi connectivity index (χ2n) is 4.69. The summed E-state index contributed by atoms with van der Waals surface area (Å²) in [6.45, 7) is 6.02. The van der Waals surface area contributed by atoms with E-state index in [9.17, 15) is 4.39 Å².